The molecule has 2 rings (SSSR count). The Kier molecular flexibility index (Phi) is 4.14. The molecule has 1 aliphatic heterocycles. The van der Waals surface area contributed by atoms with Crippen molar-refractivity contribution < 1.29 is 14.4 Å². The summed E-state index contributed by atoms with van der Waals surface area (Å²) in [6, 6.07) is 0.262. The van der Waals surface area contributed by atoms with Crippen molar-refractivity contribution in [3.8, 4) is 0 Å². The van der Waals surface area contributed by atoms with Gasteiger partial charge in [-0.1, -0.05) is 0 Å². The van der Waals surface area contributed by atoms with Gasteiger partial charge in [-0.15, -0.1) is 0 Å². The number of piperazine rings is 1. The summed E-state index contributed by atoms with van der Waals surface area (Å²) in [6.45, 7) is 2.32. The van der Waals surface area contributed by atoms with Crippen LogP contribution < -0.4 is 16.0 Å². The maximum atomic E-state index is 11.7. The molecule has 1 saturated carbocycles. The normalized spacial score (nSPS) is 19.2. The van der Waals surface area contributed by atoms with Crippen LogP contribution in [0, 0.1) is 0 Å². The molecule has 0 aromatic carbocycles. The van der Waals surface area contributed by atoms with Gasteiger partial charge in [-0.3, -0.25) is 14.4 Å². The molecule has 0 atom stereocenters. The number of carbonyl (C=O) groups excluding carboxylic acids is 3. The Balaban J connectivity index is 1.69. The van der Waals surface area contributed by atoms with Gasteiger partial charge < -0.3 is 20.9 Å². The molecule has 3 amide bonds. The van der Waals surface area contributed by atoms with E-state index in [0.29, 0.717) is 26.2 Å². The standard InChI is InChI=1S/C11H18N4O3/c16-9(14-8-1-2-8)7-13-10(17)11(18)15-5-3-12-4-6-15/h8,12H,1-7H2,(H,13,17)(H,14,16). The van der Waals surface area contributed by atoms with Gasteiger partial charge >= 0.3 is 11.8 Å². The fourth-order valence-corrected chi connectivity index (χ4v) is 1.75. The van der Waals surface area contributed by atoms with Gasteiger partial charge in [0.2, 0.25) is 5.91 Å². The maximum absolute atomic E-state index is 11.7. The summed E-state index contributed by atoms with van der Waals surface area (Å²) in [7, 11) is 0. The minimum Gasteiger partial charge on any atom is -0.352 e. The molecule has 18 heavy (non-hydrogen) atoms. The first kappa shape index (κ1) is 12.8. The molecule has 100 valence electrons. The van der Waals surface area contributed by atoms with E-state index in [1.54, 1.807) is 0 Å². The first-order valence-electron chi connectivity index (χ1n) is 6.24. The Morgan fingerprint density at radius 2 is 1.83 bits per heavy atom. The Morgan fingerprint density at radius 1 is 1.17 bits per heavy atom. The van der Waals surface area contributed by atoms with Crippen molar-refractivity contribution in [2.24, 2.45) is 0 Å². The van der Waals surface area contributed by atoms with Crippen LogP contribution >= 0.6 is 0 Å². The topological polar surface area (TPSA) is 90.5 Å². The molecule has 0 unspecified atom stereocenters. The van der Waals surface area contributed by atoms with Gasteiger partial charge in [-0.2, -0.15) is 0 Å². The van der Waals surface area contributed by atoms with Gasteiger partial charge in [0.05, 0.1) is 6.54 Å². The summed E-state index contributed by atoms with van der Waals surface area (Å²) in [5, 5.41) is 8.19. The van der Waals surface area contributed by atoms with Crippen LogP contribution in [0.1, 0.15) is 12.8 Å². The van der Waals surface area contributed by atoms with Crippen LogP contribution in [-0.4, -0.2) is 61.4 Å². The molecule has 1 heterocycles. The number of nitrogens with one attached hydrogen (secondary N) is 3. The number of hydrogen-bond acceptors (Lipinski definition) is 4. The van der Waals surface area contributed by atoms with E-state index in [4.69, 9.17) is 0 Å². The van der Waals surface area contributed by atoms with Gasteiger partial charge in [0.15, 0.2) is 0 Å². The number of rotatable bonds is 3. The van der Waals surface area contributed by atoms with Crippen molar-refractivity contribution in [3.05, 3.63) is 0 Å². The Hall–Kier alpha value is -1.63. The van der Waals surface area contributed by atoms with E-state index in [1.807, 2.05) is 0 Å². The minimum atomic E-state index is -0.706. The number of carbonyl (C=O) groups is 3. The minimum absolute atomic E-state index is 0.132. The summed E-state index contributed by atoms with van der Waals surface area (Å²) < 4.78 is 0. The van der Waals surface area contributed by atoms with Crippen LogP contribution in [0.3, 0.4) is 0 Å². The predicted molar refractivity (Wildman–Crippen MR) is 63.6 cm³/mol. The van der Waals surface area contributed by atoms with Crippen LogP contribution in [0.5, 0.6) is 0 Å². The average molecular weight is 254 g/mol. The van der Waals surface area contributed by atoms with Gasteiger partial charge in [0.1, 0.15) is 0 Å². The maximum Gasteiger partial charge on any atom is 0.311 e. The zero-order valence-corrected chi connectivity index (χ0v) is 10.2. The van der Waals surface area contributed by atoms with Crippen molar-refractivity contribution >= 4 is 17.7 Å². The molecule has 0 aromatic heterocycles. The predicted octanol–water partition coefficient (Wildman–Crippen LogP) is -2.19. The van der Waals surface area contributed by atoms with Gasteiger partial charge in [0.25, 0.3) is 0 Å². The van der Waals surface area contributed by atoms with E-state index < -0.39 is 11.8 Å². The van der Waals surface area contributed by atoms with Crippen LogP contribution in [0.25, 0.3) is 0 Å². The zero-order chi connectivity index (χ0) is 13.0. The van der Waals surface area contributed by atoms with E-state index in [1.165, 1.54) is 4.90 Å². The smallest absolute Gasteiger partial charge is 0.311 e. The lowest BCUT2D eigenvalue weighted by molar-refractivity contribution is -0.146. The third kappa shape index (κ3) is 3.69. The molecular weight excluding hydrogens is 236 g/mol. The van der Waals surface area contributed by atoms with Crippen LogP contribution in [0.2, 0.25) is 0 Å². The molecular formula is C11H18N4O3. The average Bonchev–Trinajstić information content (AvgIpc) is 3.20. The molecule has 2 fully saturated rings. The first-order valence-corrected chi connectivity index (χ1v) is 6.24. The highest BCUT2D eigenvalue weighted by Gasteiger charge is 2.25. The highest BCUT2D eigenvalue weighted by Crippen LogP contribution is 2.18. The van der Waals surface area contributed by atoms with Crippen LogP contribution in [0.15, 0.2) is 0 Å². The summed E-state index contributed by atoms with van der Waals surface area (Å²) in [5.74, 6) is -1.50. The van der Waals surface area contributed by atoms with Crippen molar-refractivity contribution in [2.45, 2.75) is 18.9 Å². The molecule has 0 radical (unpaired) electrons. The fourth-order valence-electron chi connectivity index (χ4n) is 1.75. The number of hydrogen-bond donors (Lipinski definition) is 3. The second-order valence-corrected chi connectivity index (χ2v) is 4.57. The summed E-state index contributed by atoms with van der Waals surface area (Å²) in [5.41, 5.74) is 0. The third-order valence-corrected chi connectivity index (χ3v) is 2.95. The van der Waals surface area contributed by atoms with E-state index in [-0.39, 0.29) is 18.5 Å². The van der Waals surface area contributed by atoms with Gasteiger partial charge in [-0.25, -0.2) is 0 Å². The second-order valence-electron chi connectivity index (χ2n) is 4.57. The van der Waals surface area contributed by atoms with Crippen LogP contribution in [0.4, 0.5) is 0 Å². The molecule has 2 aliphatic rings. The summed E-state index contributed by atoms with van der Waals surface area (Å²) >= 11 is 0. The van der Waals surface area contributed by atoms with E-state index in [2.05, 4.69) is 16.0 Å². The van der Waals surface area contributed by atoms with E-state index in [9.17, 15) is 14.4 Å². The zero-order valence-electron chi connectivity index (χ0n) is 10.2. The fraction of sp³-hybridized carbons (Fsp3) is 0.727. The number of amides is 3. The largest absolute Gasteiger partial charge is 0.352 e. The van der Waals surface area contributed by atoms with Crippen LogP contribution in [-0.2, 0) is 14.4 Å². The Morgan fingerprint density at radius 3 is 2.44 bits per heavy atom. The van der Waals surface area contributed by atoms with Crippen molar-refractivity contribution in [2.75, 3.05) is 32.7 Å². The van der Waals surface area contributed by atoms with Crippen molar-refractivity contribution in [3.63, 3.8) is 0 Å². The van der Waals surface area contributed by atoms with Crippen molar-refractivity contribution in [1.29, 1.82) is 0 Å². The first-order chi connectivity index (χ1) is 8.66. The van der Waals surface area contributed by atoms with E-state index >= 15 is 0 Å². The Labute approximate surface area is 105 Å². The molecule has 3 N–H and O–H groups in total. The quantitative estimate of drug-likeness (QED) is 0.499. The molecule has 7 nitrogen and oxygen atoms in total. The third-order valence-electron chi connectivity index (χ3n) is 2.95. The van der Waals surface area contributed by atoms with E-state index in [0.717, 1.165) is 12.8 Å². The molecule has 0 bridgehead atoms. The van der Waals surface area contributed by atoms with Gasteiger partial charge in [-0.05, 0) is 12.8 Å². The lowest BCUT2D eigenvalue weighted by atomic mass is 10.3. The highest BCUT2D eigenvalue weighted by molar-refractivity contribution is 6.35. The lowest BCUT2D eigenvalue weighted by Crippen LogP contribution is -2.52. The lowest BCUT2D eigenvalue weighted by Gasteiger charge is -2.26. The number of nitrogens with zero attached hydrogens (tertiary/aromatic N) is 1. The summed E-state index contributed by atoms with van der Waals surface area (Å²) in [6.07, 6.45) is 2.00. The molecule has 1 saturated heterocycles. The monoisotopic (exact) mass is 254 g/mol. The molecule has 7 heteroatoms. The second kappa shape index (κ2) is 5.81. The summed E-state index contributed by atoms with van der Waals surface area (Å²) in [4.78, 5) is 36.1. The molecule has 0 spiro atoms. The van der Waals surface area contributed by atoms with Crippen molar-refractivity contribution in [1.82, 2.24) is 20.9 Å². The molecule has 1 aliphatic carbocycles. The van der Waals surface area contributed by atoms with Gasteiger partial charge in [0, 0.05) is 32.2 Å². The highest BCUT2D eigenvalue weighted by atomic mass is 16.2. The Bertz CT molecular complexity index is 348. The SMILES string of the molecule is O=C(CNC(=O)C(=O)N1CCNCC1)NC1CC1. The molecule has 0 aromatic rings.